The predicted molar refractivity (Wildman–Crippen MR) is 56.5 cm³/mol. The molecular formula is C8H18Cl2N2. The van der Waals surface area contributed by atoms with Gasteiger partial charge in [-0.3, -0.25) is 0 Å². The molecule has 4 heteroatoms. The summed E-state index contributed by atoms with van der Waals surface area (Å²) in [5, 5.41) is 3.34. The molecule has 1 aliphatic rings. The van der Waals surface area contributed by atoms with Crippen LogP contribution in [0.1, 0.15) is 12.8 Å². The van der Waals surface area contributed by atoms with Gasteiger partial charge in [-0.15, -0.1) is 24.0 Å². The minimum Gasteiger partial charge on any atom is -0.314 e. The maximum Gasteiger partial charge on any atom is 0.0223 e. The highest BCUT2D eigenvalue weighted by Crippen LogP contribution is 1.97. The molecule has 0 saturated carbocycles. The van der Waals surface area contributed by atoms with Crippen molar-refractivity contribution in [2.75, 3.05) is 38.6 Å². The Kier molecular flexibility index (Phi) is 8.45. The second-order valence-corrected chi connectivity index (χ2v) is 3.37. The molecule has 0 unspecified atom stereocenters. The van der Waals surface area contributed by atoms with Crippen molar-refractivity contribution in [2.24, 2.45) is 0 Å². The first-order valence-electron chi connectivity index (χ1n) is 4.42. The van der Waals surface area contributed by atoms with Crippen molar-refractivity contribution < 1.29 is 0 Å². The summed E-state index contributed by atoms with van der Waals surface area (Å²) in [5.74, 6) is 0.812. The van der Waals surface area contributed by atoms with E-state index < -0.39 is 0 Å². The maximum absolute atomic E-state index is 5.59. The van der Waals surface area contributed by atoms with Gasteiger partial charge >= 0.3 is 0 Å². The number of alkyl halides is 1. The number of hydrogen-bond donors (Lipinski definition) is 1. The molecule has 1 rings (SSSR count). The van der Waals surface area contributed by atoms with Crippen molar-refractivity contribution in [3.63, 3.8) is 0 Å². The van der Waals surface area contributed by atoms with Crippen LogP contribution >= 0.6 is 24.0 Å². The molecule has 0 spiro atoms. The molecule has 0 aliphatic carbocycles. The Morgan fingerprint density at radius 1 is 1.17 bits per heavy atom. The Hall–Kier alpha value is 0.500. The highest BCUT2D eigenvalue weighted by molar-refractivity contribution is 6.17. The Labute approximate surface area is 86.1 Å². The third-order valence-electron chi connectivity index (χ3n) is 2.07. The van der Waals surface area contributed by atoms with E-state index in [9.17, 15) is 0 Å². The van der Waals surface area contributed by atoms with E-state index in [0.717, 1.165) is 25.4 Å². The molecule has 1 fully saturated rings. The molecule has 74 valence electrons. The summed E-state index contributed by atoms with van der Waals surface area (Å²) < 4.78 is 0. The lowest BCUT2D eigenvalue weighted by atomic mass is 10.3. The van der Waals surface area contributed by atoms with Crippen LogP contribution in [0.3, 0.4) is 0 Å². The second-order valence-electron chi connectivity index (χ2n) is 2.99. The molecule has 0 aromatic heterocycles. The minimum absolute atomic E-state index is 0. The van der Waals surface area contributed by atoms with Gasteiger partial charge in [0.05, 0.1) is 0 Å². The zero-order chi connectivity index (χ0) is 7.94. The fourth-order valence-electron chi connectivity index (χ4n) is 1.36. The third kappa shape index (κ3) is 5.20. The Bertz CT molecular complexity index is 95.1. The highest BCUT2D eigenvalue weighted by Gasteiger charge is 2.07. The average molecular weight is 213 g/mol. The molecular weight excluding hydrogens is 195 g/mol. The summed E-state index contributed by atoms with van der Waals surface area (Å²) in [4.78, 5) is 2.50. The molecule has 0 aromatic carbocycles. The fourth-order valence-corrected chi connectivity index (χ4v) is 1.55. The average Bonchev–Trinajstić information content (AvgIpc) is 2.07. The quantitative estimate of drug-likeness (QED) is 0.560. The Morgan fingerprint density at radius 3 is 2.42 bits per heavy atom. The molecule has 1 N–H and O–H groups in total. The van der Waals surface area contributed by atoms with Gasteiger partial charge in [0.25, 0.3) is 0 Å². The number of halogens is 2. The number of nitrogens with one attached hydrogen (secondary N) is 1. The topological polar surface area (TPSA) is 15.3 Å². The Morgan fingerprint density at radius 2 is 1.83 bits per heavy atom. The van der Waals surface area contributed by atoms with Crippen LogP contribution in [0.5, 0.6) is 0 Å². The van der Waals surface area contributed by atoms with Crippen molar-refractivity contribution >= 4 is 24.0 Å². The number of hydrogen-bond acceptors (Lipinski definition) is 2. The van der Waals surface area contributed by atoms with Gasteiger partial charge in [0, 0.05) is 32.1 Å². The van der Waals surface area contributed by atoms with Gasteiger partial charge in [-0.05, 0) is 19.4 Å². The van der Waals surface area contributed by atoms with Crippen LogP contribution in [0.25, 0.3) is 0 Å². The third-order valence-corrected chi connectivity index (χ3v) is 2.33. The largest absolute Gasteiger partial charge is 0.314 e. The highest BCUT2D eigenvalue weighted by atomic mass is 35.5. The summed E-state index contributed by atoms with van der Waals surface area (Å²) in [7, 11) is 0. The summed E-state index contributed by atoms with van der Waals surface area (Å²) >= 11 is 5.59. The molecule has 2 nitrogen and oxygen atoms in total. The van der Waals surface area contributed by atoms with Crippen LogP contribution in [0.4, 0.5) is 0 Å². The predicted octanol–water partition coefficient (Wildman–Crippen LogP) is 1.33. The fraction of sp³-hybridized carbons (Fsp3) is 1.00. The zero-order valence-electron chi connectivity index (χ0n) is 7.39. The number of nitrogens with zero attached hydrogens (tertiary/aromatic N) is 1. The molecule has 0 amide bonds. The molecule has 0 bridgehead atoms. The summed E-state index contributed by atoms with van der Waals surface area (Å²) in [6.45, 7) is 5.96. The first-order valence-corrected chi connectivity index (χ1v) is 4.96. The van der Waals surface area contributed by atoms with Gasteiger partial charge < -0.3 is 10.2 Å². The van der Waals surface area contributed by atoms with Crippen LogP contribution in [0, 0.1) is 0 Å². The van der Waals surface area contributed by atoms with Crippen molar-refractivity contribution in [1.29, 1.82) is 0 Å². The zero-order valence-corrected chi connectivity index (χ0v) is 8.96. The molecule has 12 heavy (non-hydrogen) atoms. The monoisotopic (exact) mass is 212 g/mol. The van der Waals surface area contributed by atoms with Crippen LogP contribution in [-0.4, -0.2) is 43.5 Å². The normalized spacial score (nSPS) is 18.8. The van der Waals surface area contributed by atoms with Crippen molar-refractivity contribution in [1.82, 2.24) is 10.2 Å². The maximum atomic E-state index is 5.59. The van der Waals surface area contributed by atoms with E-state index in [1.54, 1.807) is 0 Å². The smallest absolute Gasteiger partial charge is 0.0223 e. The summed E-state index contributed by atoms with van der Waals surface area (Å²) in [5.41, 5.74) is 0. The van der Waals surface area contributed by atoms with Crippen molar-refractivity contribution in [3.05, 3.63) is 0 Å². The lowest BCUT2D eigenvalue weighted by Gasteiger charge is -2.26. The number of piperazine rings is 1. The molecule has 1 aliphatic heterocycles. The van der Waals surface area contributed by atoms with E-state index >= 15 is 0 Å². The molecule has 0 atom stereocenters. The van der Waals surface area contributed by atoms with Gasteiger partial charge in [0.15, 0.2) is 0 Å². The van der Waals surface area contributed by atoms with Crippen LogP contribution in [-0.2, 0) is 0 Å². The van der Waals surface area contributed by atoms with E-state index in [2.05, 4.69) is 10.2 Å². The van der Waals surface area contributed by atoms with Gasteiger partial charge in [0.2, 0.25) is 0 Å². The number of unbranched alkanes of at least 4 members (excludes halogenated alkanes) is 1. The lowest BCUT2D eigenvalue weighted by molar-refractivity contribution is 0.238. The van der Waals surface area contributed by atoms with Gasteiger partial charge in [-0.25, -0.2) is 0 Å². The van der Waals surface area contributed by atoms with E-state index in [1.807, 2.05) is 0 Å². The first kappa shape index (κ1) is 12.5. The molecule has 1 saturated heterocycles. The van der Waals surface area contributed by atoms with Crippen LogP contribution < -0.4 is 5.32 Å². The summed E-state index contributed by atoms with van der Waals surface area (Å²) in [6.07, 6.45) is 2.41. The molecule has 1 heterocycles. The SMILES string of the molecule is Cl.ClCCCCN1CCNCC1. The van der Waals surface area contributed by atoms with Gasteiger partial charge in [-0.1, -0.05) is 0 Å². The van der Waals surface area contributed by atoms with E-state index in [4.69, 9.17) is 11.6 Å². The Balaban J connectivity index is 0.00000121. The lowest BCUT2D eigenvalue weighted by Crippen LogP contribution is -2.43. The van der Waals surface area contributed by atoms with Gasteiger partial charge in [0.1, 0.15) is 0 Å². The molecule has 0 aromatic rings. The van der Waals surface area contributed by atoms with Crippen molar-refractivity contribution in [3.8, 4) is 0 Å². The van der Waals surface area contributed by atoms with Crippen LogP contribution in [0.15, 0.2) is 0 Å². The summed E-state index contributed by atoms with van der Waals surface area (Å²) in [6, 6.07) is 0. The number of rotatable bonds is 4. The molecule has 0 radical (unpaired) electrons. The second kappa shape index (κ2) is 8.11. The van der Waals surface area contributed by atoms with Crippen molar-refractivity contribution in [2.45, 2.75) is 12.8 Å². The first-order chi connectivity index (χ1) is 5.43. The van der Waals surface area contributed by atoms with E-state index in [0.29, 0.717) is 0 Å². The standard InChI is InChI=1S/C8H17ClN2.ClH/c9-3-1-2-6-11-7-4-10-5-8-11;/h10H,1-8H2;1H. The van der Waals surface area contributed by atoms with E-state index in [-0.39, 0.29) is 12.4 Å². The van der Waals surface area contributed by atoms with Crippen LogP contribution in [0.2, 0.25) is 0 Å². The van der Waals surface area contributed by atoms with Gasteiger partial charge in [-0.2, -0.15) is 0 Å². The minimum atomic E-state index is 0. The van der Waals surface area contributed by atoms with E-state index in [1.165, 1.54) is 26.1 Å².